The largest absolute Gasteiger partial charge is 0.348 e. The Labute approximate surface area is 143 Å². The number of hydrogen-bond donors (Lipinski definition) is 1. The van der Waals surface area contributed by atoms with Gasteiger partial charge in [-0.2, -0.15) is 0 Å². The number of amides is 1. The van der Waals surface area contributed by atoms with Crippen molar-refractivity contribution in [1.29, 1.82) is 0 Å². The molecule has 3 aromatic rings. The third-order valence-electron chi connectivity index (χ3n) is 3.30. The van der Waals surface area contributed by atoms with Crippen LogP contribution in [0.1, 0.15) is 12.7 Å². The molecule has 0 unspecified atom stereocenters. The second-order valence-corrected chi connectivity index (χ2v) is 6.83. The van der Waals surface area contributed by atoms with E-state index in [2.05, 4.69) is 15.5 Å². The van der Waals surface area contributed by atoms with Crippen molar-refractivity contribution in [1.82, 2.24) is 19.9 Å². The van der Waals surface area contributed by atoms with Crippen molar-refractivity contribution >= 4 is 34.9 Å². The summed E-state index contributed by atoms with van der Waals surface area (Å²) in [6, 6.07) is 13.1. The number of carbonyl (C=O) groups is 1. The molecule has 0 aliphatic carbocycles. The molecule has 118 valence electrons. The van der Waals surface area contributed by atoms with Gasteiger partial charge in [-0.1, -0.05) is 17.7 Å². The summed E-state index contributed by atoms with van der Waals surface area (Å²) in [6.45, 7) is 2.21. The van der Waals surface area contributed by atoms with Crippen LogP contribution in [-0.2, 0) is 11.3 Å². The topological polar surface area (TPSA) is 59.3 Å². The van der Waals surface area contributed by atoms with Gasteiger partial charge in [0, 0.05) is 16.1 Å². The highest BCUT2D eigenvalue weighted by atomic mass is 35.5. The zero-order valence-electron chi connectivity index (χ0n) is 12.4. The molecule has 0 aliphatic rings. The molecular weight excluding hydrogens is 332 g/mol. The summed E-state index contributed by atoms with van der Waals surface area (Å²) in [5.41, 5.74) is 0.764. The molecule has 0 saturated carbocycles. The third-order valence-corrected chi connectivity index (χ3v) is 4.66. The fourth-order valence-electron chi connectivity index (χ4n) is 2.09. The Bertz CT molecular complexity index is 818. The van der Waals surface area contributed by atoms with Crippen LogP contribution in [0.2, 0.25) is 5.02 Å². The second kappa shape index (κ2) is 7.02. The zero-order valence-corrected chi connectivity index (χ0v) is 14.0. The van der Waals surface area contributed by atoms with Gasteiger partial charge in [0.05, 0.1) is 11.8 Å². The highest BCUT2D eigenvalue weighted by Gasteiger charge is 2.15. The minimum atomic E-state index is -0.213. The first-order valence-corrected chi connectivity index (χ1v) is 8.38. The summed E-state index contributed by atoms with van der Waals surface area (Å²) in [6.07, 6.45) is 1.88. The second-order valence-electron chi connectivity index (χ2n) is 4.98. The number of benzene rings is 1. The molecule has 1 amide bonds. The average Bonchev–Trinajstić information content (AvgIpc) is 2.98. The standard InChI is InChI=1S/C16H15ClN4OS/c1-11(23-13-7-5-12(17)6-8-13)16(22)18-10-15-20-19-14-4-2-3-9-21(14)15/h2-9,11H,10H2,1H3,(H,18,22)/t11-/m1/s1. The van der Waals surface area contributed by atoms with Gasteiger partial charge in [0.1, 0.15) is 0 Å². The fraction of sp³-hybridized carbons (Fsp3) is 0.188. The van der Waals surface area contributed by atoms with Crippen molar-refractivity contribution in [3.63, 3.8) is 0 Å². The molecule has 2 heterocycles. The molecule has 0 spiro atoms. The van der Waals surface area contributed by atoms with Gasteiger partial charge in [0.25, 0.3) is 0 Å². The van der Waals surface area contributed by atoms with E-state index in [4.69, 9.17) is 11.6 Å². The molecule has 1 N–H and O–H groups in total. The maximum atomic E-state index is 12.2. The van der Waals surface area contributed by atoms with Crippen LogP contribution in [0.3, 0.4) is 0 Å². The van der Waals surface area contributed by atoms with E-state index >= 15 is 0 Å². The number of fused-ring (bicyclic) bond motifs is 1. The molecule has 5 nitrogen and oxygen atoms in total. The average molecular weight is 347 g/mol. The summed E-state index contributed by atoms with van der Waals surface area (Å²) in [5, 5.41) is 11.5. The Balaban J connectivity index is 1.59. The molecule has 0 bridgehead atoms. The van der Waals surface area contributed by atoms with Crippen LogP contribution in [0, 0.1) is 0 Å². The maximum absolute atomic E-state index is 12.2. The van der Waals surface area contributed by atoms with Crippen LogP contribution < -0.4 is 5.32 Å². The van der Waals surface area contributed by atoms with Crippen molar-refractivity contribution in [2.45, 2.75) is 23.6 Å². The van der Waals surface area contributed by atoms with E-state index in [0.717, 1.165) is 10.5 Å². The Morgan fingerprint density at radius 3 is 2.83 bits per heavy atom. The third kappa shape index (κ3) is 3.83. The van der Waals surface area contributed by atoms with Gasteiger partial charge in [-0.3, -0.25) is 9.20 Å². The van der Waals surface area contributed by atoms with Gasteiger partial charge >= 0.3 is 0 Å². The number of halogens is 1. The molecule has 7 heteroatoms. The highest BCUT2D eigenvalue weighted by Crippen LogP contribution is 2.24. The van der Waals surface area contributed by atoms with Crippen LogP contribution in [0.15, 0.2) is 53.6 Å². The number of nitrogens with zero attached hydrogens (tertiary/aromatic N) is 3. The van der Waals surface area contributed by atoms with E-state index in [9.17, 15) is 4.79 Å². The number of thioether (sulfide) groups is 1. The van der Waals surface area contributed by atoms with Crippen molar-refractivity contribution in [3.8, 4) is 0 Å². The maximum Gasteiger partial charge on any atom is 0.233 e. The summed E-state index contributed by atoms with van der Waals surface area (Å²) in [4.78, 5) is 13.2. The normalized spacial score (nSPS) is 12.3. The summed E-state index contributed by atoms with van der Waals surface area (Å²) in [5.74, 6) is 0.662. The van der Waals surface area contributed by atoms with E-state index in [1.54, 1.807) is 0 Å². The SMILES string of the molecule is C[C@@H](Sc1ccc(Cl)cc1)C(=O)NCc1nnc2ccccn12. The number of aromatic nitrogens is 3. The van der Waals surface area contributed by atoms with E-state index in [1.165, 1.54) is 11.8 Å². The van der Waals surface area contributed by atoms with Gasteiger partial charge in [0.15, 0.2) is 11.5 Å². The van der Waals surface area contributed by atoms with Crippen molar-refractivity contribution in [2.75, 3.05) is 0 Å². The van der Waals surface area contributed by atoms with E-state index in [0.29, 0.717) is 17.4 Å². The first-order chi connectivity index (χ1) is 11.1. The van der Waals surface area contributed by atoms with Crippen LogP contribution in [0.25, 0.3) is 5.65 Å². The monoisotopic (exact) mass is 346 g/mol. The molecule has 3 rings (SSSR count). The first-order valence-electron chi connectivity index (χ1n) is 7.12. The van der Waals surface area contributed by atoms with Gasteiger partial charge in [-0.15, -0.1) is 22.0 Å². The molecule has 2 aromatic heterocycles. The molecular formula is C16H15ClN4OS. The lowest BCUT2D eigenvalue weighted by molar-refractivity contribution is -0.120. The van der Waals surface area contributed by atoms with Crippen LogP contribution in [-0.4, -0.2) is 25.8 Å². The molecule has 1 aromatic carbocycles. The van der Waals surface area contributed by atoms with Crippen LogP contribution >= 0.6 is 23.4 Å². The zero-order chi connectivity index (χ0) is 16.2. The number of pyridine rings is 1. The van der Waals surface area contributed by atoms with Crippen molar-refractivity contribution in [3.05, 3.63) is 59.5 Å². The molecule has 0 radical (unpaired) electrons. The number of carbonyl (C=O) groups excluding carboxylic acids is 1. The molecule has 0 fully saturated rings. The predicted octanol–water partition coefficient (Wildman–Crippen LogP) is 3.18. The lowest BCUT2D eigenvalue weighted by Crippen LogP contribution is -2.31. The number of rotatable bonds is 5. The van der Waals surface area contributed by atoms with Crippen LogP contribution in [0.4, 0.5) is 0 Å². The lowest BCUT2D eigenvalue weighted by atomic mass is 10.4. The minimum absolute atomic E-state index is 0.0439. The molecule has 1 atom stereocenters. The van der Waals surface area contributed by atoms with Gasteiger partial charge < -0.3 is 5.32 Å². The summed E-state index contributed by atoms with van der Waals surface area (Å²) < 4.78 is 1.86. The van der Waals surface area contributed by atoms with E-state index in [1.807, 2.05) is 60.0 Å². The number of nitrogens with one attached hydrogen (secondary N) is 1. The highest BCUT2D eigenvalue weighted by molar-refractivity contribution is 8.00. The number of hydrogen-bond acceptors (Lipinski definition) is 4. The summed E-state index contributed by atoms with van der Waals surface area (Å²) in [7, 11) is 0. The molecule has 0 aliphatic heterocycles. The smallest absolute Gasteiger partial charge is 0.233 e. The Morgan fingerprint density at radius 1 is 1.26 bits per heavy atom. The predicted molar refractivity (Wildman–Crippen MR) is 91.6 cm³/mol. The van der Waals surface area contributed by atoms with E-state index < -0.39 is 0 Å². The first kappa shape index (κ1) is 15.8. The van der Waals surface area contributed by atoms with E-state index in [-0.39, 0.29) is 11.2 Å². The van der Waals surface area contributed by atoms with Gasteiger partial charge in [-0.25, -0.2) is 0 Å². The quantitative estimate of drug-likeness (QED) is 0.721. The Morgan fingerprint density at radius 2 is 2.04 bits per heavy atom. The molecule has 0 saturated heterocycles. The van der Waals surface area contributed by atoms with Crippen LogP contribution in [0.5, 0.6) is 0 Å². The molecule has 23 heavy (non-hydrogen) atoms. The van der Waals surface area contributed by atoms with Crippen molar-refractivity contribution < 1.29 is 4.79 Å². The fourth-order valence-corrected chi connectivity index (χ4v) is 3.11. The minimum Gasteiger partial charge on any atom is -0.348 e. The van der Waals surface area contributed by atoms with Gasteiger partial charge in [0.2, 0.25) is 5.91 Å². The van der Waals surface area contributed by atoms with Gasteiger partial charge in [-0.05, 0) is 43.3 Å². The summed E-state index contributed by atoms with van der Waals surface area (Å²) >= 11 is 7.35. The van der Waals surface area contributed by atoms with Crippen molar-refractivity contribution in [2.24, 2.45) is 0 Å². The Kier molecular flexibility index (Phi) is 4.83. The lowest BCUT2D eigenvalue weighted by Gasteiger charge is -2.11. The Hall–Kier alpha value is -2.05.